The van der Waals surface area contributed by atoms with Crippen molar-refractivity contribution in [3.8, 4) is 0 Å². The fourth-order valence-corrected chi connectivity index (χ4v) is 5.49. The summed E-state index contributed by atoms with van der Waals surface area (Å²) in [6, 6.07) is 7.62. The van der Waals surface area contributed by atoms with Crippen molar-refractivity contribution in [3.63, 3.8) is 0 Å². The van der Waals surface area contributed by atoms with Crippen LogP contribution in [0.1, 0.15) is 32.6 Å². The minimum Gasteiger partial charge on any atom is -0.381 e. The number of likely N-dealkylation sites (tertiary alicyclic amines) is 1. The van der Waals surface area contributed by atoms with E-state index in [4.69, 9.17) is 4.74 Å². The summed E-state index contributed by atoms with van der Waals surface area (Å²) in [5, 5.41) is 6.02. The molecule has 0 aliphatic carbocycles. The summed E-state index contributed by atoms with van der Waals surface area (Å²) in [6.45, 7) is 7.07. The minimum absolute atomic E-state index is 0.0301. The van der Waals surface area contributed by atoms with Crippen LogP contribution in [0.25, 0.3) is 0 Å². The number of amides is 2. The summed E-state index contributed by atoms with van der Waals surface area (Å²) >= 11 is 1.33. The van der Waals surface area contributed by atoms with Crippen LogP contribution in [-0.4, -0.2) is 60.9 Å². The number of hydrogen-bond donors (Lipinski definition) is 2. The Balaban J connectivity index is 1.45. The maximum atomic E-state index is 13.1. The second-order valence-electron chi connectivity index (χ2n) is 8.36. The average Bonchev–Trinajstić information content (AvgIpc) is 3.20. The summed E-state index contributed by atoms with van der Waals surface area (Å²) in [7, 11) is 0. The maximum Gasteiger partial charge on any atom is 0.250 e. The molecular formula is C21H29N3O3S. The number of carbonyl (C=O) groups excluding carboxylic acids is 2. The number of nitrogens with one attached hydrogen (secondary N) is 2. The Labute approximate surface area is 170 Å². The second kappa shape index (κ2) is 8.05. The number of hydrogen-bond acceptors (Lipinski definition) is 5. The van der Waals surface area contributed by atoms with Crippen molar-refractivity contribution >= 4 is 29.3 Å². The fraction of sp³-hybridized carbons (Fsp3) is 0.619. The summed E-state index contributed by atoms with van der Waals surface area (Å²) in [4.78, 5) is 29.3. The van der Waals surface area contributed by atoms with Crippen molar-refractivity contribution in [2.75, 3.05) is 44.7 Å². The van der Waals surface area contributed by atoms with Crippen molar-refractivity contribution in [3.05, 3.63) is 24.3 Å². The number of thioether (sulfide) groups is 1. The van der Waals surface area contributed by atoms with Crippen LogP contribution < -0.4 is 10.6 Å². The lowest BCUT2D eigenvalue weighted by atomic mass is 9.79. The Hall–Kier alpha value is -1.57. The van der Waals surface area contributed by atoms with E-state index in [9.17, 15) is 9.59 Å². The molecule has 7 heteroatoms. The second-order valence-corrected chi connectivity index (χ2v) is 9.82. The highest BCUT2D eigenvalue weighted by atomic mass is 32.2. The van der Waals surface area contributed by atoms with E-state index in [1.165, 1.54) is 24.6 Å². The van der Waals surface area contributed by atoms with Gasteiger partial charge in [-0.25, -0.2) is 0 Å². The third kappa shape index (κ3) is 3.93. The first kappa shape index (κ1) is 19.7. The van der Waals surface area contributed by atoms with E-state index in [2.05, 4.69) is 15.5 Å². The summed E-state index contributed by atoms with van der Waals surface area (Å²) in [5.74, 6) is -0.467. The Kier molecular flexibility index (Phi) is 5.67. The fourth-order valence-electron chi connectivity index (χ4n) is 4.36. The molecule has 3 aliphatic heterocycles. The zero-order valence-electron chi connectivity index (χ0n) is 16.5. The Morgan fingerprint density at radius 2 is 1.96 bits per heavy atom. The lowest BCUT2D eigenvalue weighted by Gasteiger charge is -2.41. The number of nitrogens with zero attached hydrogens (tertiary/aromatic N) is 1. The summed E-state index contributed by atoms with van der Waals surface area (Å²) in [5.41, 5.74) is 0.806. The van der Waals surface area contributed by atoms with Crippen LogP contribution in [0.5, 0.6) is 0 Å². The zero-order valence-corrected chi connectivity index (χ0v) is 17.3. The molecule has 152 valence electrons. The quantitative estimate of drug-likeness (QED) is 0.740. The number of fused-ring (bicyclic) bond motifs is 1. The largest absolute Gasteiger partial charge is 0.381 e. The molecule has 4 rings (SSSR count). The van der Waals surface area contributed by atoms with Gasteiger partial charge < -0.3 is 20.3 Å². The number of anilines is 1. The first-order valence-electron chi connectivity index (χ1n) is 10.2. The molecule has 6 nitrogen and oxygen atoms in total. The predicted molar refractivity (Wildman–Crippen MR) is 111 cm³/mol. The van der Waals surface area contributed by atoms with E-state index in [1.807, 2.05) is 24.3 Å². The van der Waals surface area contributed by atoms with Crippen LogP contribution in [-0.2, 0) is 14.3 Å². The minimum atomic E-state index is -1.16. The van der Waals surface area contributed by atoms with Gasteiger partial charge >= 0.3 is 0 Å². The van der Waals surface area contributed by atoms with Crippen molar-refractivity contribution in [1.29, 1.82) is 0 Å². The van der Waals surface area contributed by atoms with Gasteiger partial charge in [-0.1, -0.05) is 23.9 Å². The normalized spacial score (nSPS) is 27.1. The molecule has 2 N–H and O–H groups in total. The van der Waals surface area contributed by atoms with E-state index in [-0.39, 0.29) is 17.2 Å². The Morgan fingerprint density at radius 1 is 1.25 bits per heavy atom. The number of para-hydroxylation sites is 1. The topological polar surface area (TPSA) is 70.7 Å². The van der Waals surface area contributed by atoms with E-state index in [1.54, 1.807) is 6.92 Å². The average molecular weight is 404 g/mol. The van der Waals surface area contributed by atoms with Crippen molar-refractivity contribution < 1.29 is 14.3 Å². The molecular weight excluding hydrogens is 374 g/mol. The molecule has 2 amide bonds. The van der Waals surface area contributed by atoms with E-state index in [0.29, 0.717) is 6.54 Å². The predicted octanol–water partition coefficient (Wildman–Crippen LogP) is 2.50. The SMILES string of the molecule is CC1(C(=O)NCC2(CN3CCCC3)CCOCC2)Sc2ccccc2NC1=O. The van der Waals surface area contributed by atoms with Crippen molar-refractivity contribution in [1.82, 2.24) is 10.2 Å². The first-order valence-corrected chi connectivity index (χ1v) is 11.0. The molecule has 1 aromatic carbocycles. The number of rotatable bonds is 5. The molecule has 1 unspecified atom stereocenters. The molecule has 3 heterocycles. The third-order valence-corrected chi connectivity index (χ3v) is 7.61. The number of benzene rings is 1. The van der Waals surface area contributed by atoms with Gasteiger partial charge in [0.1, 0.15) is 0 Å². The van der Waals surface area contributed by atoms with Gasteiger partial charge in [0, 0.05) is 36.6 Å². The molecule has 3 aliphatic rings. The summed E-state index contributed by atoms with van der Waals surface area (Å²) in [6.07, 6.45) is 4.41. The van der Waals surface area contributed by atoms with Crippen LogP contribution >= 0.6 is 11.8 Å². The van der Waals surface area contributed by atoms with Gasteiger partial charge in [-0.2, -0.15) is 0 Å². The van der Waals surface area contributed by atoms with Gasteiger partial charge in [0.2, 0.25) is 11.8 Å². The van der Waals surface area contributed by atoms with Crippen molar-refractivity contribution in [2.45, 2.75) is 42.2 Å². The van der Waals surface area contributed by atoms with Gasteiger partial charge in [-0.05, 0) is 57.8 Å². The molecule has 28 heavy (non-hydrogen) atoms. The van der Waals surface area contributed by atoms with Gasteiger partial charge in [0.15, 0.2) is 4.75 Å². The zero-order chi connectivity index (χ0) is 19.6. The molecule has 1 aromatic rings. The standard InChI is InChI=1S/C21H29N3O3S/c1-20(19(26)23-16-6-2-3-7-17(16)28-20)18(25)22-14-21(8-12-27-13-9-21)15-24-10-4-5-11-24/h2-3,6-7H,4-5,8-15H2,1H3,(H,22,25)(H,23,26). The molecule has 0 saturated carbocycles. The molecule has 0 aromatic heterocycles. The van der Waals surface area contributed by atoms with E-state index >= 15 is 0 Å². The molecule has 2 saturated heterocycles. The molecule has 0 radical (unpaired) electrons. The van der Waals surface area contributed by atoms with Gasteiger partial charge in [0.05, 0.1) is 5.69 Å². The van der Waals surface area contributed by atoms with Crippen LogP contribution in [0.4, 0.5) is 5.69 Å². The lowest BCUT2D eigenvalue weighted by Crippen LogP contribution is -2.55. The highest BCUT2D eigenvalue weighted by molar-refractivity contribution is 8.02. The van der Waals surface area contributed by atoms with Gasteiger partial charge in [-0.15, -0.1) is 0 Å². The monoisotopic (exact) mass is 403 g/mol. The van der Waals surface area contributed by atoms with Gasteiger partial charge in [0.25, 0.3) is 0 Å². The lowest BCUT2D eigenvalue weighted by molar-refractivity contribution is -0.130. The molecule has 1 atom stereocenters. The molecule has 0 bridgehead atoms. The maximum absolute atomic E-state index is 13.1. The Bertz CT molecular complexity index is 744. The number of carbonyl (C=O) groups is 2. The van der Waals surface area contributed by atoms with E-state index < -0.39 is 4.75 Å². The van der Waals surface area contributed by atoms with E-state index in [0.717, 1.165) is 56.3 Å². The van der Waals surface area contributed by atoms with Gasteiger partial charge in [-0.3, -0.25) is 9.59 Å². The smallest absolute Gasteiger partial charge is 0.250 e. The molecule has 2 fully saturated rings. The highest BCUT2D eigenvalue weighted by Gasteiger charge is 2.46. The van der Waals surface area contributed by atoms with Crippen LogP contribution in [0.3, 0.4) is 0 Å². The van der Waals surface area contributed by atoms with Crippen LogP contribution in [0.15, 0.2) is 29.2 Å². The van der Waals surface area contributed by atoms with Crippen LogP contribution in [0.2, 0.25) is 0 Å². The highest BCUT2D eigenvalue weighted by Crippen LogP contribution is 2.42. The Morgan fingerprint density at radius 3 is 2.71 bits per heavy atom. The third-order valence-electron chi connectivity index (χ3n) is 6.25. The first-order chi connectivity index (χ1) is 13.5. The molecule has 0 spiro atoms. The summed E-state index contributed by atoms with van der Waals surface area (Å²) < 4.78 is 4.43. The van der Waals surface area contributed by atoms with Crippen LogP contribution in [0, 0.1) is 5.41 Å². The van der Waals surface area contributed by atoms with Crippen molar-refractivity contribution in [2.24, 2.45) is 5.41 Å². The number of ether oxygens (including phenoxy) is 1.